The monoisotopic (exact) mass is 509 g/mol. The van der Waals surface area contributed by atoms with Gasteiger partial charge in [0.05, 0.1) is 17.6 Å². The smallest absolute Gasteiger partial charge is 0.439 e. The topological polar surface area (TPSA) is 89.2 Å². The third kappa shape index (κ3) is 3.70. The molecule has 7 rings (SSSR count). The van der Waals surface area contributed by atoms with E-state index in [0.29, 0.717) is 23.7 Å². The molecule has 0 saturated carbocycles. The summed E-state index contributed by atoms with van der Waals surface area (Å²) in [5.41, 5.74) is 7.28. The zero-order valence-corrected chi connectivity index (χ0v) is 20.7. The summed E-state index contributed by atoms with van der Waals surface area (Å²) in [6, 6.07) is 19.0. The normalized spacial score (nSPS) is 15.9. The molecule has 0 aliphatic carbocycles. The van der Waals surface area contributed by atoms with E-state index in [0.717, 1.165) is 57.9 Å². The number of H-pyrrole nitrogens is 1. The van der Waals surface area contributed by atoms with Crippen molar-refractivity contribution in [1.29, 1.82) is 0 Å². The lowest BCUT2D eigenvalue weighted by Crippen LogP contribution is -2.39. The van der Waals surface area contributed by atoms with Crippen molar-refractivity contribution in [3.05, 3.63) is 105 Å². The largest absolute Gasteiger partial charge is 0.488 e. The Morgan fingerprint density at radius 1 is 1.08 bits per heavy atom. The molecule has 8 nitrogen and oxygen atoms in total. The van der Waals surface area contributed by atoms with Crippen LogP contribution >= 0.6 is 0 Å². The van der Waals surface area contributed by atoms with Crippen LogP contribution in [0.4, 0.5) is 10.3 Å². The van der Waals surface area contributed by atoms with Crippen LogP contribution in [0.15, 0.2) is 70.0 Å². The summed E-state index contributed by atoms with van der Waals surface area (Å²) < 4.78 is 27.3. The third-order valence-corrected chi connectivity index (χ3v) is 7.32. The summed E-state index contributed by atoms with van der Waals surface area (Å²) in [4.78, 5) is 21.5. The SMILES string of the molecule is C/C(=C1/c2ccc(Cn3c(N4CCC4)nc4ccccc43)cc2COc2cc(F)ccc21)c1noc(=O)[nH]1. The molecule has 0 radical (unpaired) electrons. The Morgan fingerprint density at radius 3 is 2.71 bits per heavy atom. The maximum atomic E-state index is 14.2. The third-order valence-electron chi connectivity index (χ3n) is 7.32. The quantitative estimate of drug-likeness (QED) is 0.368. The van der Waals surface area contributed by atoms with Gasteiger partial charge in [0.25, 0.3) is 0 Å². The number of anilines is 1. The fourth-order valence-corrected chi connectivity index (χ4v) is 5.30. The molecule has 0 bridgehead atoms. The molecular formula is C29H24FN5O3. The summed E-state index contributed by atoms with van der Waals surface area (Å²) in [6.45, 7) is 4.79. The van der Waals surface area contributed by atoms with Crippen LogP contribution in [0.2, 0.25) is 0 Å². The number of rotatable bonds is 4. The molecule has 1 saturated heterocycles. The minimum Gasteiger partial charge on any atom is -0.488 e. The molecule has 2 aliphatic rings. The van der Waals surface area contributed by atoms with Gasteiger partial charge in [-0.05, 0) is 65.9 Å². The first kappa shape index (κ1) is 22.5. The molecule has 0 unspecified atom stereocenters. The van der Waals surface area contributed by atoms with E-state index in [4.69, 9.17) is 14.2 Å². The molecule has 4 heterocycles. The first-order chi connectivity index (χ1) is 18.5. The van der Waals surface area contributed by atoms with Crippen LogP contribution in [0.5, 0.6) is 5.75 Å². The number of benzene rings is 3. The van der Waals surface area contributed by atoms with E-state index in [-0.39, 0.29) is 12.4 Å². The number of allylic oxidation sites excluding steroid dienone is 1. The molecular weight excluding hydrogens is 485 g/mol. The number of para-hydroxylation sites is 2. The number of nitrogens with zero attached hydrogens (tertiary/aromatic N) is 4. The lowest BCUT2D eigenvalue weighted by atomic mass is 9.89. The van der Waals surface area contributed by atoms with Gasteiger partial charge in [-0.1, -0.05) is 29.4 Å². The van der Waals surface area contributed by atoms with Gasteiger partial charge in [-0.15, -0.1) is 0 Å². The van der Waals surface area contributed by atoms with Crippen LogP contribution in [-0.2, 0) is 13.2 Å². The van der Waals surface area contributed by atoms with Gasteiger partial charge in [-0.3, -0.25) is 9.51 Å². The second-order valence-corrected chi connectivity index (χ2v) is 9.69. The van der Waals surface area contributed by atoms with Gasteiger partial charge in [-0.25, -0.2) is 14.2 Å². The van der Waals surface area contributed by atoms with Crippen molar-refractivity contribution < 1.29 is 13.7 Å². The molecule has 9 heteroatoms. The fraction of sp³-hybridized carbons (Fsp3) is 0.207. The van der Waals surface area contributed by atoms with Crippen LogP contribution in [0, 0.1) is 5.82 Å². The number of aromatic nitrogens is 4. The molecule has 5 aromatic rings. The molecule has 1 fully saturated rings. The van der Waals surface area contributed by atoms with Gasteiger partial charge in [-0.2, -0.15) is 0 Å². The predicted octanol–water partition coefficient (Wildman–Crippen LogP) is 4.98. The average molecular weight is 510 g/mol. The summed E-state index contributed by atoms with van der Waals surface area (Å²) in [5.74, 6) is 0.723. The number of aromatic amines is 1. The van der Waals surface area contributed by atoms with Crippen LogP contribution in [0.25, 0.3) is 22.2 Å². The molecule has 3 aromatic carbocycles. The lowest BCUT2D eigenvalue weighted by Gasteiger charge is -2.32. The van der Waals surface area contributed by atoms with E-state index in [2.05, 4.69) is 43.9 Å². The van der Waals surface area contributed by atoms with Gasteiger partial charge in [0.15, 0.2) is 5.82 Å². The zero-order valence-electron chi connectivity index (χ0n) is 20.7. The van der Waals surface area contributed by atoms with Crippen molar-refractivity contribution in [3.8, 4) is 5.75 Å². The molecule has 38 heavy (non-hydrogen) atoms. The highest BCUT2D eigenvalue weighted by Crippen LogP contribution is 2.41. The number of halogens is 1. The number of hydrogen-bond donors (Lipinski definition) is 1. The standard InChI is InChI=1S/C29H24FN5O3/c1-17(27-32-29(36)38-33-27)26-21-9-7-18(13-19(21)16-37-25-14-20(30)8-10-22(25)26)15-35-24-6-3-2-5-23(24)31-28(35)34-11-4-12-34/h2-3,5-10,13-14H,4,11-12,15-16H2,1H3,(H,32,33,36)/b26-17+. The number of ether oxygens (including phenoxy) is 1. The van der Waals surface area contributed by atoms with E-state index >= 15 is 0 Å². The summed E-state index contributed by atoms with van der Waals surface area (Å²) in [7, 11) is 0. The predicted molar refractivity (Wildman–Crippen MR) is 142 cm³/mol. The number of hydrogen-bond acceptors (Lipinski definition) is 6. The maximum Gasteiger partial charge on any atom is 0.439 e. The number of fused-ring (bicyclic) bond motifs is 3. The van der Waals surface area contributed by atoms with E-state index in [1.165, 1.54) is 18.6 Å². The van der Waals surface area contributed by atoms with Crippen molar-refractivity contribution in [2.45, 2.75) is 26.5 Å². The van der Waals surface area contributed by atoms with Gasteiger partial charge in [0.2, 0.25) is 5.95 Å². The van der Waals surface area contributed by atoms with Gasteiger partial charge < -0.3 is 14.2 Å². The molecule has 0 atom stereocenters. The van der Waals surface area contributed by atoms with E-state index in [1.54, 1.807) is 6.07 Å². The van der Waals surface area contributed by atoms with E-state index in [1.807, 2.05) is 25.1 Å². The Kier molecular flexibility index (Phi) is 5.17. The number of nitrogens with one attached hydrogen (secondary N) is 1. The lowest BCUT2D eigenvalue weighted by molar-refractivity contribution is 0.305. The number of imidazole rings is 1. The zero-order chi connectivity index (χ0) is 25.8. The molecule has 190 valence electrons. The maximum absolute atomic E-state index is 14.2. The Bertz CT molecular complexity index is 1790. The Morgan fingerprint density at radius 2 is 1.92 bits per heavy atom. The van der Waals surface area contributed by atoms with Crippen molar-refractivity contribution in [2.24, 2.45) is 0 Å². The van der Waals surface area contributed by atoms with Crippen molar-refractivity contribution in [3.63, 3.8) is 0 Å². The Hall–Kier alpha value is -4.66. The van der Waals surface area contributed by atoms with E-state index < -0.39 is 5.76 Å². The van der Waals surface area contributed by atoms with Crippen molar-refractivity contribution in [2.75, 3.05) is 18.0 Å². The van der Waals surface area contributed by atoms with Gasteiger partial charge >= 0.3 is 5.76 Å². The van der Waals surface area contributed by atoms with E-state index in [9.17, 15) is 9.18 Å². The van der Waals surface area contributed by atoms with Gasteiger partial charge in [0, 0.05) is 30.3 Å². The average Bonchev–Trinajstić information content (AvgIpc) is 3.43. The van der Waals surface area contributed by atoms with Crippen LogP contribution < -0.4 is 15.4 Å². The first-order valence-electron chi connectivity index (χ1n) is 12.6. The molecule has 1 N–H and O–H groups in total. The van der Waals surface area contributed by atoms with Crippen molar-refractivity contribution >= 4 is 28.1 Å². The summed E-state index contributed by atoms with van der Waals surface area (Å²) >= 11 is 0. The Balaban J connectivity index is 1.35. The van der Waals surface area contributed by atoms with Crippen molar-refractivity contribution in [1.82, 2.24) is 19.7 Å². The second kappa shape index (κ2) is 8.72. The molecule has 0 amide bonds. The highest BCUT2D eigenvalue weighted by Gasteiger charge is 2.25. The minimum atomic E-state index is -0.634. The summed E-state index contributed by atoms with van der Waals surface area (Å²) in [5, 5.41) is 3.89. The molecule has 0 spiro atoms. The first-order valence-corrected chi connectivity index (χ1v) is 12.6. The van der Waals surface area contributed by atoms with Crippen LogP contribution in [0.3, 0.4) is 0 Å². The summed E-state index contributed by atoms with van der Waals surface area (Å²) in [6.07, 6.45) is 1.17. The van der Waals surface area contributed by atoms with Crippen LogP contribution in [-0.4, -0.2) is 32.8 Å². The fourth-order valence-electron chi connectivity index (χ4n) is 5.30. The highest BCUT2D eigenvalue weighted by atomic mass is 19.1. The highest BCUT2D eigenvalue weighted by molar-refractivity contribution is 5.99. The van der Waals surface area contributed by atoms with Gasteiger partial charge in [0.1, 0.15) is 18.2 Å². The molecule has 2 aliphatic heterocycles. The molecule has 2 aromatic heterocycles. The van der Waals surface area contributed by atoms with Crippen LogP contribution in [0.1, 0.15) is 41.4 Å². The Labute approximate surface area is 217 Å². The second-order valence-electron chi connectivity index (χ2n) is 9.69. The minimum absolute atomic E-state index is 0.273.